The van der Waals surface area contributed by atoms with Gasteiger partial charge in [0.25, 0.3) is 0 Å². The van der Waals surface area contributed by atoms with E-state index in [1.807, 2.05) is 12.1 Å². The summed E-state index contributed by atoms with van der Waals surface area (Å²) in [7, 11) is 1.68. The van der Waals surface area contributed by atoms with Gasteiger partial charge in [0.05, 0.1) is 0 Å². The molecule has 98 valence electrons. The van der Waals surface area contributed by atoms with E-state index in [2.05, 4.69) is 20.6 Å². The molecule has 6 nitrogen and oxygen atoms in total. The lowest BCUT2D eigenvalue weighted by Crippen LogP contribution is -2.48. The molecule has 2 heterocycles. The van der Waals surface area contributed by atoms with Crippen LogP contribution in [0.15, 0.2) is 18.3 Å². The van der Waals surface area contributed by atoms with E-state index in [1.54, 1.807) is 13.2 Å². The van der Waals surface area contributed by atoms with Crippen LogP contribution in [-0.2, 0) is 4.79 Å². The second-order valence-corrected chi connectivity index (χ2v) is 4.36. The Labute approximate surface area is 107 Å². The third-order valence-electron chi connectivity index (χ3n) is 3.27. The highest BCUT2D eigenvalue weighted by Crippen LogP contribution is 2.25. The highest BCUT2D eigenvalue weighted by atomic mass is 16.2. The van der Waals surface area contributed by atoms with Crippen LogP contribution in [0.2, 0.25) is 0 Å². The van der Waals surface area contributed by atoms with Gasteiger partial charge in [-0.05, 0) is 25.3 Å². The lowest BCUT2D eigenvalue weighted by Gasteiger charge is -2.36. The summed E-state index contributed by atoms with van der Waals surface area (Å²) in [5, 5.41) is 2.73. The second-order valence-electron chi connectivity index (χ2n) is 4.36. The van der Waals surface area contributed by atoms with E-state index in [-0.39, 0.29) is 11.9 Å². The first kappa shape index (κ1) is 12.6. The summed E-state index contributed by atoms with van der Waals surface area (Å²) in [6, 6.07) is 3.67. The molecule has 1 saturated heterocycles. The van der Waals surface area contributed by atoms with E-state index >= 15 is 0 Å². The van der Waals surface area contributed by atoms with Crippen molar-refractivity contribution in [2.75, 3.05) is 23.9 Å². The molecule has 18 heavy (non-hydrogen) atoms. The molecule has 2 rings (SSSR count). The first-order chi connectivity index (χ1) is 8.76. The van der Waals surface area contributed by atoms with Crippen molar-refractivity contribution in [1.82, 2.24) is 10.3 Å². The fourth-order valence-electron chi connectivity index (χ4n) is 2.36. The van der Waals surface area contributed by atoms with E-state index in [0.29, 0.717) is 5.82 Å². The van der Waals surface area contributed by atoms with Crippen LogP contribution in [0.1, 0.15) is 19.3 Å². The molecule has 0 bridgehead atoms. The summed E-state index contributed by atoms with van der Waals surface area (Å²) in [6.45, 7) is 0.881. The molecule has 4 N–H and O–H groups in total. The number of aromatic nitrogens is 1. The summed E-state index contributed by atoms with van der Waals surface area (Å²) >= 11 is 0. The van der Waals surface area contributed by atoms with Crippen molar-refractivity contribution in [1.29, 1.82) is 0 Å². The van der Waals surface area contributed by atoms with Gasteiger partial charge in [0.1, 0.15) is 11.9 Å². The molecule has 6 heteroatoms. The number of rotatable bonds is 3. The number of hydrogen-bond donors (Lipinski definition) is 3. The average Bonchev–Trinajstić information content (AvgIpc) is 2.46. The lowest BCUT2D eigenvalue weighted by atomic mass is 10.0. The topological polar surface area (TPSA) is 83.3 Å². The Kier molecular flexibility index (Phi) is 3.99. The van der Waals surface area contributed by atoms with Gasteiger partial charge in [-0.2, -0.15) is 0 Å². The fraction of sp³-hybridized carbons (Fsp3) is 0.500. The SMILES string of the molecule is CNC(=O)C1CCCCN1c1ccnc(NN)c1. The van der Waals surface area contributed by atoms with E-state index in [4.69, 9.17) is 5.84 Å². The van der Waals surface area contributed by atoms with Crippen LogP contribution >= 0.6 is 0 Å². The van der Waals surface area contributed by atoms with E-state index in [9.17, 15) is 4.79 Å². The largest absolute Gasteiger partial charge is 0.359 e. The van der Waals surface area contributed by atoms with Crippen LogP contribution < -0.4 is 21.5 Å². The highest BCUT2D eigenvalue weighted by molar-refractivity contribution is 5.85. The van der Waals surface area contributed by atoms with Crippen LogP contribution in [0, 0.1) is 0 Å². The third kappa shape index (κ3) is 2.53. The number of hydrazine groups is 1. The monoisotopic (exact) mass is 249 g/mol. The van der Waals surface area contributed by atoms with Gasteiger partial charge in [-0.25, -0.2) is 10.8 Å². The van der Waals surface area contributed by atoms with Crippen molar-refractivity contribution in [2.24, 2.45) is 5.84 Å². The number of nitrogen functional groups attached to an aromatic ring is 1. The van der Waals surface area contributed by atoms with Crippen LogP contribution in [0.4, 0.5) is 11.5 Å². The molecule has 0 saturated carbocycles. The summed E-state index contributed by atoms with van der Waals surface area (Å²) in [5.74, 6) is 6.03. The van der Waals surface area contributed by atoms with Crippen molar-refractivity contribution in [3.63, 3.8) is 0 Å². The maximum absolute atomic E-state index is 11.9. The van der Waals surface area contributed by atoms with Gasteiger partial charge < -0.3 is 15.6 Å². The molecule has 1 aliphatic rings. The molecule has 0 aliphatic carbocycles. The minimum Gasteiger partial charge on any atom is -0.359 e. The maximum atomic E-state index is 11.9. The first-order valence-corrected chi connectivity index (χ1v) is 6.17. The Morgan fingerprint density at radius 3 is 3.11 bits per heavy atom. The van der Waals surface area contributed by atoms with Crippen LogP contribution in [0.25, 0.3) is 0 Å². The summed E-state index contributed by atoms with van der Waals surface area (Å²) in [6.07, 6.45) is 4.76. The van der Waals surface area contributed by atoms with E-state index in [1.165, 1.54) is 0 Å². The number of likely N-dealkylation sites (N-methyl/N-ethyl adjacent to an activating group) is 1. The van der Waals surface area contributed by atoms with Crippen LogP contribution in [0.5, 0.6) is 0 Å². The Balaban J connectivity index is 2.24. The number of anilines is 2. The predicted octanol–water partition coefficient (Wildman–Crippen LogP) is 0.472. The molecule has 1 aliphatic heterocycles. The van der Waals surface area contributed by atoms with Crippen molar-refractivity contribution in [3.8, 4) is 0 Å². The number of nitrogens with one attached hydrogen (secondary N) is 2. The van der Waals surface area contributed by atoms with E-state index in [0.717, 1.165) is 31.5 Å². The second kappa shape index (κ2) is 5.68. The van der Waals surface area contributed by atoms with Crippen LogP contribution in [-0.4, -0.2) is 30.5 Å². The molecule has 0 spiro atoms. The number of pyridine rings is 1. The number of carbonyl (C=O) groups is 1. The number of carbonyl (C=O) groups excluding carboxylic acids is 1. The number of nitrogens with two attached hydrogens (primary N) is 1. The molecule has 1 unspecified atom stereocenters. The fourth-order valence-corrected chi connectivity index (χ4v) is 2.36. The maximum Gasteiger partial charge on any atom is 0.242 e. The average molecular weight is 249 g/mol. The molecule has 1 aromatic rings. The molecular formula is C12H19N5O. The Morgan fingerprint density at radius 1 is 1.56 bits per heavy atom. The Morgan fingerprint density at radius 2 is 2.39 bits per heavy atom. The smallest absolute Gasteiger partial charge is 0.242 e. The lowest BCUT2D eigenvalue weighted by molar-refractivity contribution is -0.122. The summed E-state index contributed by atoms with van der Waals surface area (Å²) < 4.78 is 0. The Hall–Kier alpha value is -1.82. The van der Waals surface area contributed by atoms with E-state index < -0.39 is 0 Å². The summed E-state index contributed by atoms with van der Waals surface area (Å²) in [4.78, 5) is 18.1. The number of nitrogens with zero attached hydrogens (tertiary/aromatic N) is 2. The molecule has 1 amide bonds. The van der Waals surface area contributed by atoms with Gasteiger partial charge >= 0.3 is 0 Å². The molecular weight excluding hydrogens is 230 g/mol. The molecule has 0 radical (unpaired) electrons. The third-order valence-corrected chi connectivity index (χ3v) is 3.27. The van der Waals surface area contributed by atoms with Crippen molar-refractivity contribution >= 4 is 17.4 Å². The molecule has 1 atom stereocenters. The van der Waals surface area contributed by atoms with Crippen molar-refractivity contribution < 1.29 is 4.79 Å². The highest BCUT2D eigenvalue weighted by Gasteiger charge is 2.28. The first-order valence-electron chi connectivity index (χ1n) is 6.17. The van der Waals surface area contributed by atoms with Gasteiger partial charge in [0, 0.05) is 31.5 Å². The van der Waals surface area contributed by atoms with Crippen molar-refractivity contribution in [3.05, 3.63) is 18.3 Å². The normalized spacial score (nSPS) is 19.4. The molecule has 1 aromatic heterocycles. The minimum atomic E-state index is -0.100. The summed E-state index contributed by atoms with van der Waals surface area (Å²) in [5.41, 5.74) is 3.50. The predicted molar refractivity (Wildman–Crippen MR) is 71.1 cm³/mol. The van der Waals surface area contributed by atoms with Gasteiger partial charge in [0.15, 0.2) is 0 Å². The quantitative estimate of drug-likeness (QED) is 0.536. The van der Waals surface area contributed by atoms with Crippen LogP contribution in [0.3, 0.4) is 0 Å². The molecule has 1 fully saturated rings. The number of amides is 1. The minimum absolute atomic E-state index is 0.0637. The zero-order valence-electron chi connectivity index (χ0n) is 10.5. The Bertz CT molecular complexity index is 423. The number of hydrogen-bond acceptors (Lipinski definition) is 5. The van der Waals surface area contributed by atoms with Gasteiger partial charge in [-0.3, -0.25) is 4.79 Å². The standard InChI is InChI=1S/C12H19N5O/c1-14-12(18)10-4-2-3-7-17(10)9-5-6-15-11(8-9)16-13/h5-6,8,10H,2-4,7,13H2,1H3,(H,14,18)(H,15,16). The number of piperidine rings is 1. The van der Waals surface area contributed by atoms with Gasteiger partial charge in [0.2, 0.25) is 5.91 Å². The molecule has 0 aromatic carbocycles. The zero-order chi connectivity index (χ0) is 13.0. The van der Waals surface area contributed by atoms with Gasteiger partial charge in [-0.1, -0.05) is 0 Å². The van der Waals surface area contributed by atoms with Gasteiger partial charge in [-0.15, -0.1) is 0 Å². The van der Waals surface area contributed by atoms with Crippen molar-refractivity contribution in [2.45, 2.75) is 25.3 Å². The zero-order valence-corrected chi connectivity index (χ0v) is 10.5.